The molecule has 1 atom stereocenters. The van der Waals surface area contributed by atoms with Crippen molar-refractivity contribution in [1.82, 2.24) is 0 Å². The SMILES string of the molecule is COc1c2c(cc(O)c1-c1ccc(O)c3c(OC)cc(C)cc13)CC(C)N=C2C. The number of aromatic hydroxyl groups is 2. The molecule has 2 N–H and O–H groups in total. The highest BCUT2D eigenvalue weighted by atomic mass is 16.5. The van der Waals surface area contributed by atoms with Crippen LogP contribution in [0.5, 0.6) is 23.0 Å². The second-order valence-corrected chi connectivity index (χ2v) is 7.63. The molecule has 0 amide bonds. The van der Waals surface area contributed by atoms with E-state index in [9.17, 15) is 10.2 Å². The molecule has 4 rings (SSSR count). The summed E-state index contributed by atoms with van der Waals surface area (Å²) >= 11 is 0. The van der Waals surface area contributed by atoms with E-state index in [1.807, 2.05) is 32.0 Å². The van der Waals surface area contributed by atoms with Crippen LogP contribution in [0.3, 0.4) is 0 Å². The lowest BCUT2D eigenvalue weighted by atomic mass is 9.87. The molecular formula is C24H25NO4. The van der Waals surface area contributed by atoms with Gasteiger partial charge in [-0.05, 0) is 73.5 Å². The summed E-state index contributed by atoms with van der Waals surface area (Å²) in [5.74, 6) is 1.46. The van der Waals surface area contributed by atoms with Crippen molar-refractivity contribution in [1.29, 1.82) is 0 Å². The normalized spacial score (nSPS) is 15.8. The van der Waals surface area contributed by atoms with Gasteiger partial charge in [0.1, 0.15) is 23.0 Å². The van der Waals surface area contributed by atoms with E-state index in [-0.39, 0.29) is 17.5 Å². The zero-order valence-corrected chi connectivity index (χ0v) is 17.3. The summed E-state index contributed by atoms with van der Waals surface area (Å²) in [6.45, 7) is 6.00. The number of nitrogens with zero attached hydrogens (tertiary/aromatic N) is 1. The molecule has 0 aromatic heterocycles. The lowest BCUT2D eigenvalue weighted by molar-refractivity contribution is 0.407. The zero-order valence-electron chi connectivity index (χ0n) is 17.3. The zero-order chi connectivity index (χ0) is 20.9. The van der Waals surface area contributed by atoms with Crippen molar-refractivity contribution in [2.45, 2.75) is 33.2 Å². The molecule has 1 aliphatic rings. The van der Waals surface area contributed by atoms with Gasteiger partial charge in [-0.2, -0.15) is 0 Å². The Bertz CT molecular complexity index is 1160. The molecule has 0 radical (unpaired) electrons. The third-order valence-electron chi connectivity index (χ3n) is 5.53. The Labute approximate surface area is 170 Å². The van der Waals surface area contributed by atoms with E-state index in [4.69, 9.17) is 14.5 Å². The molecule has 3 aromatic carbocycles. The van der Waals surface area contributed by atoms with Gasteiger partial charge in [0.25, 0.3) is 0 Å². The van der Waals surface area contributed by atoms with Crippen LogP contribution < -0.4 is 9.47 Å². The van der Waals surface area contributed by atoms with Gasteiger partial charge in [0.2, 0.25) is 0 Å². The highest BCUT2D eigenvalue weighted by molar-refractivity contribution is 6.10. The Morgan fingerprint density at radius 3 is 2.41 bits per heavy atom. The first-order valence-electron chi connectivity index (χ1n) is 9.64. The van der Waals surface area contributed by atoms with Crippen LogP contribution in [-0.4, -0.2) is 36.2 Å². The van der Waals surface area contributed by atoms with E-state index < -0.39 is 0 Å². The average Bonchev–Trinajstić information content (AvgIpc) is 2.66. The smallest absolute Gasteiger partial charge is 0.139 e. The average molecular weight is 391 g/mol. The minimum Gasteiger partial charge on any atom is -0.507 e. The summed E-state index contributed by atoms with van der Waals surface area (Å²) in [4.78, 5) is 4.71. The Kier molecular flexibility index (Phi) is 4.61. The number of phenolic OH excluding ortho intramolecular Hbond substituents is 2. The van der Waals surface area contributed by atoms with Gasteiger partial charge in [-0.15, -0.1) is 0 Å². The molecule has 0 saturated heterocycles. The maximum Gasteiger partial charge on any atom is 0.139 e. The highest BCUT2D eigenvalue weighted by Crippen LogP contribution is 2.48. The molecule has 0 fully saturated rings. The molecule has 29 heavy (non-hydrogen) atoms. The minimum absolute atomic E-state index is 0.128. The second kappa shape index (κ2) is 6.99. The largest absolute Gasteiger partial charge is 0.507 e. The van der Waals surface area contributed by atoms with Gasteiger partial charge in [0.15, 0.2) is 0 Å². The molecule has 150 valence electrons. The summed E-state index contributed by atoms with van der Waals surface area (Å²) in [6, 6.07) is 9.27. The van der Waals surface area contributed by atoms with Crippen molar-refractivity contribution >= 4 is 16.5 Å². The Balaban J connectivity index is 2.11. The number of hydrogen-bond donors (Lipinski definition) is 2. The summed E-state index contributed by atoms with van der Waals surface area (Å²) in [6.07, 6.45) is 0.750. The minimum atomic E-state index is 0.128. The van der Waals surface area contributed by atoms with E-state index in [0.29, 0.717) is 22.4 Å². The van der Waals surface area contributed by atoms with Gasteiger partial charge < -0.3 is 19.7 Å². The lowest BCUT2D eigenvalue weighted by Crippen LogP contribution is -2.18. The van der Waals surface area contributed by atoms with Crippen LogP contribution in [0.25, 0.3) is 21.9 Å². The number of ether oxygens (including phenoxy) is 2. The van der Waals surface area contributed by atoms with E-state index in [2.05, 4.69) is 6.92 Å². The van der Waals surface area contributed by atoms with Crippen molar-refractivity contribution in [3.05, 3.63) is 47.0 Å². The van der Waals surface area contributed by atoms with Gasteiger partial charge in [0.05, 0.1) is 31.2 Å². The number of hydrogen-bond acceptors (Lipinski definition) is 5. The van der Waals surface area contributed by atoms with Crippen LogP contribution in [-0.2, 0) is 6.42 Å². The van der Waals surface area contributed by atoms with Crippen LogP contribution in [0.1, 0.15) is 30.5 Å². The number of methoxy groups -OCH3 is 2. The highest BCUT2D eigenvalue weighted by Gasteiger charge is 2.27. The first kappa shape index (κ1) is 19.1. The van der Waals surface area contributed by atoms with Crippen molar-refractivity contribution < 1.29 is 19.7 Å². The monoisotopic (exact) mass is 391 g/mol. The standard InChI is InChI=1S/C24H25NO4/c1-12-8-17-16(6-7-18(26)22(17)20(9-12)28-4)23-19(27)11-15-10-13(2)25-14(3)21(15)24(23)29-5/h6-9,11,13,26-27H,10H2,1-5H3. The van der Waals surface area contributed by atoms with Gasteiger partial charge in [0, 0.05) is 11.3 Å². The molecule has 0 bridgehead atoms. The third kappa shape index (κ3) is 2.97. The Hall–Kier alpha value is -3.21. The predicted octanol–water partition coefficient (Wildman–Crippen LogP) is 5.00. The quantitative estimate of drug-likeness (QED) is 0.659. The number of aliphatic imine (C=N–C) groups is 1. The molecule has 0 spiro atoms. The Morgan fingerprint density at radius 1 is 0.966 bits per heavy atom. The third-order valence-corrected chi connectivity index (χ3v) is 5.53. The number of fused-ring (bicyclic) bond motifs is 2. The van der Waals surface area contributed by atoms with E-state index in [1.54, 1.807) is 26.4 Å². The molecule has 5 nitrogen and oxygen atoms in total. The molecular weight excluding hydrogens is 366 g/mol. The number of aryl methyl sites for hydroxylation is 1. The molecule has 3 aromatic rings. The fourth-order valence-corrected chi connectivity index (χ4v) is 4.42. The van der Waals surface area contributed by atoms with Gasteiger partial charge in [-0.3, -0.25) is 4.99 Å². The van der Waals surface area contributed by atoms with Gasteiger partial charge >= 0.3 is 0 Å². The molecule has 1 unspecified atom stereocenters. The fraction of sp³-hybridized carbons (Fsp3) is 0.292. The van der Waals surface area contributed by atoms with E-state index >= 15 is 0 Å². The lowest BCUT2D eigenvalue weighted by Gasteiger charge is -2.25. The van der Waals surface area contributed by atoms with Crippen molar-refractivity contribution in [2.24, 2.45) is 4.99 Å². The first-order chi connectivity index (χ1) is 13.8. The Morgan fingerprint density at radius 2 is 1.72 bits per heavy atom. The number of rotatable bonds is 3. The van der Waals surface area contributed by atoms with Gasteiger partial charge in [-0.25, -0.2) is 0 Å². The maximum absolute atomic E-state index is 11.0. The second-order valence-electron chi connectivity index (χ2n) is 7.63. The fourth-order valence-electron chi connectivity index (χ4n) is 4.42. The maximum atomic E-state index is 11.0. The molecule has 0 aliphatic carbocycles. The summed E-state index contributed by atoms with van der Waals surface area (Å²) < 4.78 is 11.3. The number of benzene rings is 3. The predicted molar refractivity (Wildman–Crippen MR) is 116 cm³/mol. The number of phenols is 2. The van der Waals surface area contributed by atoms with Crippen LogP contribution in [0.15, 0.2) is 35.3 Å². The van der Waals surface area contributed by atoms with E-state index in [1.165, 1.54) is 0 Å². The van der Waals surface area contributed by atoms with Crippen molar-refractivity contribution in [3.63, 3.8) is 0 Å². The van der Waals surface area contributed by atoms with Crippen LogP contribution >= 0.6 is 0 Å². The summed E-state index contributed by atoms with van der Waals surface area (Å²) in [7, 11) is 3.19. The molecule has 5 heteroatoms. The van der Waals surface area contributed by atoms with Crippen LogP contribution in [0, 0.1) is 6.92 Å². The van der Waals surface area contributed by atoms with Crippen LogP contribution in [0.2, 0.25) is 0 Å². The summed E-state index contributed by atoms with van der Waals surface area (Å²) in [5, 5.41) is 22.9. The van der Waals surface area contributed by atoms with Gasteiger partial charge in [-0.1, -0.05) is 6.07 Å². The topological polar surface area (TPSA) is 71.3 Å². The molecule has 1 heterocycles. The first-order valence-corrected chi connectivity index (χ1v) is 9.64. The van der Waals surface area contributed by atoms with E-state index in [0.717, 1.165) is 39.8 Å². The van der Waals surface area contributed by atoms with Crippen molar-refractivity contribution in [3.8, 4) is 34.1 Å². The molecule has 1 aliphatic heterocycles. The van der Waals surface area contributed by atoms with Crippen molar-refractivity contribution in [2.75, 3.05) is 14.2 Å². The summed E-state index contributed by atoms with van der Waals surface area (Å²) in [5.41, 5.74) is 5.20. The van der Waals surface area contributed by atoms with Crippen LogP contribution in [0.4, 0.5) is 0 Å². The molecule has 0 saturated carbocycles.